The van der Waals surface area contributed by atoms with Crippen LogP contribution in [0.15, 0.2) is 23.7 Å². The quantitative estimate of drug-likeness (QED) is 0.749. The molecule has 0 aliphatic carbocycles. The predicted octanol–water partition coefficient (Wildman–Crippen LogP) is 4.23. The molecule has 1 aliphatic rings. The number of aromatic amines is 1. The van der Waals surface area contributed by atoms with Gasteiger partial charge < -0.3 is 4.98 Å². The Labute approximate surface area is 158 Å². The Morgan fingerprint density at radius 3 is 2.65 bits per heavy atom. The van der Waals surface area contributed by atoms with Crippen LogP contribution < -0.4 is 0 Å². The zero-order valence-electron chi connectivity index (χ0n) is 15.6. The van der Waals surface area contributed by atoms with Crippen molar-refractivity contribution in [2.45, 2.75) is 46.1 Å². The summed E-state index contributed by atoms with van der Waals surface area (Å²) in [4.78, 5) is 21.3. The maximum absolute atomic E-state index is 4.83. The summed E-state index contributed by atoms with van der Waals surface area (Å²) in [7, 11) is 0. The lowest BCUT2D eigenvalue weighted by molar-refractivity contribution is 0.203. The second-order valence-corrected chi connectivity index (χ2v) is 8.25. The number of H-pyrrole nitrogens is 1. The molecule has 3 aromatic heterocycles. The van der Waals surface area contributed by atoms with E-state index < -0.39 is 0 Å². The first kappa shape index (κ1) is 17.4. The summed E-state index contributed by atoms with van der Waals surface area (Å²) in [6.07, 6.45) is 4.08. The van der Waals surface area contributed by atoms with Crippen LogP contribution in [0.1, 0.15) is 46.4 Å². The molecule has 4 heterocycles. The van der Waals surface area contributed by atoms with Gasteiger partial charge in [0.15, 0.2) is 5.82 Å². The van der Waals surface area contributed by atoms with Crippen molar-refractivity contribution in [1.29, 1.82) is 0 Å². The number of hydrogen-bond donors (Lipinski definition) is 1. The van der Waals surface area contributed by atoms with Crippen LogP contribution in [0.5, 0.6) is 0 Å². The average molecular weight is 368 g/mol. The minimum atomic E-state index is 0.436. The first-order valence-electron chi connectivity index (χ1n) is 9.21. The van der Waals surface area contributed by atoms with Gasteiger partial charge in [0.1, 0.15) is 11.5 Å². The number of aryl methyl sites for hydroxylation is 3. The fourth-order valence-corrected chi connectivity index (χ4v) is 4.50. The molecule has 5 nitrogen and oxygen atoms in total. The minimum Gasteiger partial charge on any atom is -0.341 e. The predicted molar refractivity (Wildman–Crippen MR) is 105 cm³/mol. The molecule has 1 aliphatic heterocycles. The minimum absolute atomic E-state index is 0.436. The van der Waals surface area contributed by atoms with Gasteiger partial charge in [-0.25, -0.2) is 15.0 Å². The van der Waals surface area contributed by atoms with Crippen LogP contribution in [-0.2, 0) is 6.54 Å². The van der Waals surface area contributed by atoms with Gasteiger partial charge in [0, 0.05) is 34.9 Å². The monoisotopic (exact) mass is 367 g/mol. The van der Waals surface area contributed by atoms with Crippen LogP contribution in [0.4, 0.5) is 0 Å². The molecular formula is C20H25N5S. The number of aromatic nitrogens is 4. The Kier molecular flexibility index (Phi) is 4.87. The molecule has 4 rings (SSSR count). The molecule has 1 N–H and O–H groups in total. The Hall–Kier alpha value is -2.05. The van der Waals surface area contributed by atoms with Crippen LogP contribution in [0.3, 0.4) is 0 Å². The summed E-state index contributed by atoms with van der Waals surface area (Å²) >= 11 is 1.87. The fourth-order valence-electron chi connectivity index (χ4n) is 3.56. The lowest BCUT2D eigenvalue weighted by Crippen LogP contribution is -2.33. The smallest absolute Gasteiger partial charge is 0.156 e. The summed E-state index contributed by atoms with van der Waals surface area (Å²) in [6, 6.07) is 4.22. The van der Waals surface area contributed by atoms with Gasteiger partial charge in [0.05, 0.1) is 0 Å². The van der Waals surface area contributed by atoms with Crippen molar-refractivity contribution < 1.29 is 0 Å². The third-order valence-electron chi connectivity index (χ3n) is 5.11. The summed E-state index contributed by atoms with van der Waals surface area (Å²) in [6.45, 7) is 9.54. The second kappa shape index (κ2) is 7.29. The molecule has 0 bridgehead atoms. The molecule has 3 aromatic rings. The lowest BCUT2D eigenvalue weighted by Gasteiger charge is -2.31. The molecule has 0 spiro atoms. The highest BCUT2D eigenvalue weighted by atomic mass is 32.1. The highest BCUT2D eigenvalue weighted by Crippen LogP contribution is 2.29. The largest absolute Gasteiger partial charge is 0.341 e. The number of piperidine rings is 1. The summed E-state index contributed by atoms with van der Waals surface area (Å²) in [5, 5.41) is 2.19. The number of nitrogens with zero attached hydrogens (tertiary/aromatic N) is 4. The molecule has 136 valence electrons. The fraction of sp³-hybridized carbons (Fsp3) is 0.450. The van der Waals surface area contributed by atoms with Gasteiger partial charge in [-0.2, -0.15) is 0 Å². The number of nitrogens with one attached hydrogen (secondary N) is 1. The van der Waals surface area contributed by atoms with E-state index in [1.807, 2.05) is 37.4 Å². The lowest BCUT2D eigenvalue weighted by atomic mass is 9.95. The molecule has 0 saturated carbocycles. The van der Waals surface area contributed by atoms with E-state index in [0.29, 0.717) is 5.92 Å². The first-order chi connectivity index (χ1) is 12.6. The maximum Gasteiger partial charge on any atom is 0.156 e. The first-order valence-corrected chi connectivity index (χ1v) is 10.1. The van der Waals surface area contributed by atoms with Gasteiger partial charge >= 0.3 is 0 Å². The number of imidazole rings is 1. The van der Waals surface area contributed by atoms with Crippen LogP contribution in [-0.4, -0.2) is 37.9 Å². The number of likely N-dealkylation sites (tertiary alicyclic amines) is 1. The van der Waals surface area contributed by atoms with Gasteiger partial charge in [-0.3, -0.25) is 4.90 Å². The number of thiophene rings is 1. The van der Waals surface area contributed by atoms with Gasteiger partial charge in [-0.05, 0) is 69.8 Å². The van der Waals surface area contributed by atoms with Crippen LogP contribution in [0.2, 0.25) is 0 Å². The van der Waals surface area contributed by atoms with Crippen molar-refractivity contribution in [1.82, 2.24) is 24.8 Å². The van der Waals surface area contributed by atoms with E-state index in [2.05, 4.69) is 33.2 Å². The average Bonchev–Trinajstić information content (AvgIpc) is 3.24. The molecule has 26 heavy (non-hydrogen) atoms. The Bertz CT molecular complexity index is 889. The van der Waals surface area contributed by atoms with E-state index in [1.54, 1.807) is 0 Å². The summed E-state index contributed by atoms with van der Waals surface area (Å²) in [5.41, 5.74) is 4.38. The second-order valence-electron chi connectivity index (χ2n) is 7.24. The maximum atomic E-state index is 4.83. The van der Waals surface area contributed by atoms with E-state index in [4.69, 9.17) is 9.97 Å². The van der Waals surface area contributed by atoms with E-state index in [1.165, 1.54) is 10.4 Å². The van der Waals surface area contributed by atoms with Crippen LogP contribution in [0.25, 0.3) is 11.5 Å². The summed E-state index contributed by atoms with van der Waals surface area (Å²) in [5.74, 6) is 2.24. The third kappa shape index (κ3) is 3.71. The molecule has 1 fully saturated rings. The third-order valence-corrected chi connectivity index (χ3v) is 6.11. The highest BCUT2D eigenvalue weighted by molar-refractivity contribution is 7.10. The molecule has 0 aromatic carbocycles. The van der Waals surface area contributed by atoms with Crippen molar-refractivity contribution in [3.63, 3.8) is 0 Å². The summed E-state index contributed by atoms with van der Waals surface area (Å²) < 4.78 is 0. The van der Waals surface area contributed by atoms with E-state index in [9.17, 15) is 0 Å². The molecule has 0 radical (unpaired) electrons. The van der Waals surface area contributed by atoms with Gasteiger partial charge in [0.2, 0.25) is 0 Å². The van der Waals surface area contributed by atoms with Gasteiger partial charge in [-0.15, -0.1) is 11.3 Å². The normalized spacial score (nSPS) is 16.3. The van der Waals surface area contributed by atoms with Crippen molar-refractivity contribution in [3.8, 4) is 11.5 Å². The number of hydrogen-bond acceptors (Lipinski definition) is 5. The topological polar surface area (TPSA) is 57.7 Å². The standard InChI is InChI=1S/C20H25N5S/c1-13-6-9-26-18(13)12-25-7-4-16(5-8-25)19-22-14(2)10-17(24-19)20-21-11-15(3)23-20/h6,9-11,16H,4-5,7-8,12H2,1-3H3,(H,21,23). The van der Waals surface area contributed by atoms with Crippen molar-refractivity contribution >= 4 is 11.3 Å². The molecule has 0 atom stereocenters. The van der Waals surface area contributed by atoms with Gasteiger partial charge in [-0.1, -0.05) is 0 Å². The zero-order valence-corrected chi connectivity index (χ0v) is 16.4. The Balaban J connectivity index is 1.46. The van der Waals surface area contributed by atoms with E-state index in [0.717, 1.165) is 61.2 Å². The Morgan fingerprint density at radius 2 is 2.00 bits per heavy atom. The highest BCUT2D eigenvalue weighted by Gasteiger charge is 2.24. The van der Waals surface area contributed by atoms with Crippen molar-refractivity contribution in [2.24, 2.45) is 0 Å². The molecular weight excluding hydrogens is 342 g/mol. The van der Waals surface area contributed by atoms with E-state index in [-0.39, 0.29) is 0 Å². The van der Waals surface area contributed by atoms with Crippen LogP contribution in [0, 0.1) is 20.8 Å². The SMILES string of the molecule is Cc1cc(-c2ncc(C)[nH]2)nc(C2CCN(Cc3sccc3C)CC2)n1. The zero-order chi connectivity index (χ0) is 18.1. The van der Waals surface area contributed by atoms with Crippen LogP contribution >= 0.6 is 11.3 Å². The van der Waals surface area contributed by atoms with Crippen molar-refractivity contribution in [3.05, 3.63) is 51.4 Å². The number of rotatable bonds is 4. The Morgan fingerprint density at radius 1 is 1.19 bits per heavy atom. The molecule has 0 unspecified atom stereocenters. The molecule has 1 saturated heterocycles. The molecule has 6 heteroatoms. The van der Waals surface area contributed by atoms with Crippen molar-refractivity contribution in [2.75, 3.05) is 13.1 Å². The molecule has 0 amide bonds. The van der Waals surface area contributed by atoms with E-state index >= 15 is 0 Å². The van der Waals surface area contributed by atoms with Gasteiger partial charge in [0.25, 0.3) is 0 Å².